The second-order valence-corrected chi connectivity index (χ2v) is 2.85. The second-order valence-electron chi connectivity index (χ2n) is 2.85. The van der Waals surface area contributed by atoms with Crippen molar-refractivity contribution in [2.75, 3.05) is 19.6 Å². The molecular weight excluding hydrogens is 149 g/mol. The number of halogens is 1. The molecule has 0 atom stereocenters. The maximum absolute atomic E-state index is 8.98. The molecule has 0 aromatic rings. The summed E-state index contributed by atoms with van der Waals surface area (Å²) in [7, 11) is 0. The van der Waals surface area contributed by atoms with Crippen molar-refractivity contribution in [3.63, 3.8) is 0 Å². The van der Waals surface area contributed by atoms with E-state index in [1.807, 2.05) is 13.8 Å². The molecule has 0 spiro atoms. The summed E-state index contributed by atoms with van der Waals surface area (Å²) >= 11 is 0. The zero-order valence-electron chi connectivity index (χ0n) is 7.39. The van der Waals surface area contributed by atoms with E-state index in [0.717, 1.165) is 13.1 Å². The molecule has 3 nitrogen and oxygen atoms in total. The van der Waals surface area contributed by atoms with Gasteiger partial charge in [0.15, 0.2) is 0 Å². The number of nitrogens with one attached hydrogen (secondary N) is 1. The molecular formula is C7H18FNO2. The Hall–Kier alpha value is -0.190. The van der Waals surface area contributed by atoms with Crippen LogP contribution in [-0.4, -0.2) is 35.6 Å². The summed E-state index contributed by atoms with van der Waals surface area (Å²) in [6.07, 6.45) is 0. The third-order valence-electron chi connectivity index (χ3n) is 1.58. The molecule has 0 aromatic carbocycles. The molecule has 0 bridgehead atoms. The molecule has 0 heterocycles. The molecule has 11 heavy (non-hydrogen) atoms. The van der Waals surface area contributed by atoms with E-state index in [1.54, 1.807) is 0 Å². The summed E-state index contributed by atoms with van der Waals surface area (Å²) in [6, 6.07) is 0. The summed E-state index contributed by atoms with van der Waals surface area (Å²) < 4.78 is 0. The average molecular weight is 167 g/mol. The lowest BCUT2D eigenvalue weighted by molar-refractivity contribution is -0.906. The summed E-state index contributed by atoms with van der Waals surface area (Å²) in [5.41, 5.74) is 0. The highest BCUT2D eigenvalue weighted by molar-refractivity contribution is 4.50. The number of rotatable bonds is 4. The Bertz CT molecular complexity index is 88.9. The molecule has 0 saturated carbocycles. The van der Waals surface area contributed by atoms with Crippen molar-refractivity contribution in [2.45, 2.75) is 26.6 Å². The van der Waals surface area contributed by atoms with Gasteiger partial charge in [0.25, 0.3) is 0 Å². The Morgan fingerprint density at radius 3 is 1.64 bits per heavy atom. The Morgan fingerprint density at radius 1 is 1.18 bits per heavy atom. The van der Waals surface area contributed by atoms with Crippen molar-refractivity contribution in [1.29, 1.82) is 0 Å². The maximum Gasteiger partial charge on any atom is 0.210 e. The van der Waals surface area contributed by atoms with Crippen LogP contribution in [0.4, 0.5) is 0 Å². The minimum absolute atomic E-state index is 0. The summed E-state index contributed by atoms with van der Waals surface area (Å²) in [5.74, 6) is -1.51. The predicted molar refractivity (Wildman–Crippen MR) is 39.8 cm³/mol. The van der Waals surface area contributed by atoms with Crippen LogP contribution in [0.2, 0.25) is 0 Å². The van der Waals surface area contributed by atoms with Crippen LogP contribution in [0.1, 0.15) is 20.8 Å². The van der Waals surface area contributed by atoms with E-state index in [1.165, 1.54) is 11.8 Å². The van der Waals surface area contributed by atoms with Gasteiger partial charge in [-0.15, -0.1) is 0 Å². The third kappa shape index (κ3) is 7.71. The highest BCUT2D eigenvalue weighted by Gasteiger charge is 2.21. The fourth-order valence-electron chi connectivity index (χ4n) is 0.974. The van der Waals surface area contributed by atoms with E-state index >= 15 is 0 Å². The first-order valence-corrected chi connectivity index (χ1v) is 3.78. The van der Waals surface area contributed by atoms with Gasteiger partial charge >= 0.3 is 0 Å². The van der Waals surface area contributed by atoms with Crippen molar-refractivity contribution in [3.05, 3.63) is 0 Å². The fraction of sp³-hybridized carbons (Fsp3) is 1.00. The molecule has 0 radical (unpaired) electrons. The van der Waals surface area contributed by atoms with E-state index in [-0.39, 0.29) is 4.70 Å². The average Bonchev–Trinajstić information content (AvgIpc) is 1.81. The van der Waals surface area contributed by atoms with Crippen molar-refractivity contribution < 1.29 is 19.8 Å². The SMILES string of the molecule is CC[NH+](CC)CC(C)(O)O.[F-]. The lowest BCUT2D eigenvalue weighted by Gasteiger charge is -2.22. The van der Waals surface area contributed by atoms with Crippen LogP contribution in [0.25, 0.3) is 0 Å². The molecule has 0 aliphatic rings. The first-order chi connectivity index (χ1) is 4.49. The van der Waals surface area contributed by atoms with Gasteiger partial charge in [0, 0.05) is 0 Å². The minimum Gasteiger partial charge on any atom is -1.00 e. The van der Waals surface area contributed by atoms with Crippen molar-refractivity contribution in [2.24, 2.45) is 0 Å². The first-order valence-electron chi connectivity index (χ1n) is 3.78. The van der Waals surface area contributed by atoms with Gasteiger partial charge < -0.3 is 19.8 Å². The number of hydrogen-bond acceptors (Lipinski definition) is 2. The molecule has 0 aliphatic carbocycles. The van der Waals surface area contributed by atoms with Crippen LogP contribution in [0.15, 0.2) is 0 Å². The van der Waals surface area contributed by atoms with E-state index < -0.39 is 5.79 Å². The lowest BCUT2D eigenvalue weighted by atomic mass is 10.3. The molecule has 0 rings (SSSR count). The number of aliphatic hydroxyl groups is 2. The second kappa shape index (κ2) is 5.46. The van der Waals surface area contributed by atoms with Crippen LogP contribution in [-0.2, 0) is 0 Å². The van der Waals surface area contributed by atoms with Gasteiger partial charge in [-0.2, -0.15) is 0 Å². The summed E-state index contributed by atoms with van der Waals surface area (Å²) in [4.78, 5) is 1.20. The standard InChI is InChI=1S/C7H17NO2.FH/c1-4-8(5-2)6-7(3,9)10;/h9-10H,4-6H2,1-3H3;1H. The van der Waals surface area contributed by atoms with Gasteiger partial charge in [0.2, 0.25) is 5.79 Å². The molecule has 4 heteroatoms. The Morgan fingerprint density at radius 2 is 1.55 bits per heavy atom. The predicted octanol–water partition coefficient (Wildman–Crippen LogP) is -4.38. The van der Waals surface area contributed by atoms with E-state index in [2.05, 4.69) is 0 Å². The fourth-order valence-corrected chi connectivity index (χ4v) is 0.974. The number of quaternary nitrogens is 1. The van der Waals surface area contributed by atoms with Gasteiger partial charge in [-0.25, -0.2) is 0 Å². The summed E-state index contributed by atoms with van der Waals surface area (Å²) in [5, 5.41) is 18.0. The zero-order chi connectivity index (χ0) is 8.20. The van der Waals surface area contributed by atoms with Crippen molar-refractivity contribution >= 4 is 0 Å². The minimum atomic E-state index is -1.51. The van der Waals surface area contributed by atoms with E-state index in [0.29, 0.717) is 6.54 Å². The smallest absolute Gasteiger partial charge is 0.210 e. The van der Waals surface area contributed by atoms with Crippen LogP contribution in [0.3, 0.4) is 0 Å². The lowest BCUT2D eigenvalue weighted by Crippen LogP contribution is -3.13. The third-order valence-corrected chi connectivity index (χ3v) is 1.58. The first kappa shape index (κ1) is 13.4. The van der Waals surface area contributed by atoms with Crippen LogP contribution in [0.5, 0.6) is 0 Å². The highest BCUT2D eigenvalue weighted by atomic mass is 19.0. The van der Waals surface area contributed by atoms with Gasteiger partial charge in [0.05, 0.1) is 13.1 Å². The Labute approximate surface area is 67.0 Å². The van der Waals surface area contributed by atoms with Crippen molar-refractivity contribution in [3.8, 4) is 0 Å². The van der Waals surface area contributed by atoms with Crippen LogP contribution in [0, 0.1) is 0 Å². The summed E-state index contributed by atoms with van der Waals surface area (Å²) in [6.45, 7) is 7.76. The topological polar surface area (TPSA) is 44.9 Å². The van der Waals surface area contributed by atoms with E-state index in [4.69, 9.17) is 10.2 Å². The molecule has 0 aromatic heterocycles. The Kier molecular flexibility index (Phi) is 6.65. The molecule has 3 N–H and O–H groups in total. The largest absolute Gasteiger partial charge is 1.00 e. The quantitative estimate of drug-likeness (QED) is 0.370. The van der Waals surface area contributed by atoms with Gasteiger partial charge in [-0.05, 0) is 20.8 Å². The van der Waals surface area contributed by atoms with Crippen LogP contribution >= 0.6 is 0 Å². The molecule has 0 unspecified atom stereocenters. The zero-order valence-corrected chi connectivity index (χ0v) is 7.39. The van der Waals surface area contributed by atoms with Gasteiger partial charge in [-0.1, -0.05) is 0 Å². The van der Waals surface area contributed by atoms with Gasteiger partial charge in [-0.3, -0.25) is 0 Å². The molecule has 70 valence electrons. The monoisotopic (exact) mass is 167 g/mol. The molecule has 0 amide bonds. The maximum atomic E-state index is 8.98. The van der Waals surface area contributed by atoms with Crippen molar-refractivity contribution in [1.82, 2.24) is 0 Å². The highest BCUT2D eigenvalue weighted by Crippen LogP contribution is 1.89. The molecule has 0 aliphatic heterocycles. The van der Waals surface area contributed by atoms with E-state index in [9.17, 15) is 0 Å². The van der Waals surface area contributed by atoms with Crippen LogP contribution < -0.4 is 9.60 Å². The molecule has 0 fully saturated rings. The molecule has 0 saturated heterocycles. The van der Waals surface area contributed by atoms with Gasteiger partial charge in [0.1, 0.15) is 6.54 Å². The number of hydrogen-bond donors (Lipinski definition) is 3. The normalized spacial score (nSPS) is 11.5. The Balaban J connectivity index is 0. The number of likely N-dealkylation sites (N-methyl/N-ethyl adjacent to an activating group) is 1.